The number of halogens is 1. The molecule has 1 aliphatic heterocycles. The van der Waals surface area contributed by atoms with Gasteiger partial charge >= 0.3 is 6.03 Å². The number of carbonyl (C=O) groups is 3. The Balaban J connectivity index is 1.69. The Bertz CT molecular complexity index is 1260. The molecule has 1 heterocycles. The maximum Gasteiger partial charge on any atom is 0.338 e. The Morgan fingerprint density at radius 3 is 2.11 bits per heavy atom. The van der Waals surface area contributed by atoms with Crippen molar-refractivity contribution in [2.45, 2.75) is 32.9 Å². The van der Waals surface area contributed by atoms with Crippen LogP contribution in [-0.4, -0.2) is 35.9 Å². The molecule has 8 heteroatoms. The lowest BCUT2D eigenvalue weighted by Gasteiger charge is -2.31. The summed E-state index contributed by atoms with van der Waals surface area (Å²) in [6, 6.07) is 21.2. The predicted molar refractivity (Wildman–Crippen MR) is 145 cm³/mol. The van der Waals surface area contributed by atoms with E-state index in [-0.39, 0.29) is 5.92 Å². The second-order valence-electron chi connectivity index (χ2n) is 9.38. The minimum Gasteiger partial charge on any atom is -0.497 e. The van der Waals surface area contributed by atoms with Crippen molar-refractivity contribution < 1.29 is 19.1 Å². The van der Waals surface area contributed by atoms with Gasteiger partial charge in [-0.15, -0.1) is 0 Å². The summed E-state index contributed by atoms with van der Waals surface area (Å²) in [5.41, 5.74) is 2.03. The molecule has 1 N–H and O–H groups in total. The van der Waals surface area contributed by atoms with Gasteiger partial charge in [0.2, 0.25) is 5.91 Å². The number of rotatable bonds is 8. The van der Waals surface area contributed by atoms with Crippen LogP contribution in [0.25, 0.3) is 0 Å². The smallest absolute Gasteiger partial charge is 0.338 e. The number of anilines is 2. The molecule has 4 rings (SSSR count). The van der Waals surface area contributed by atoms with Crippen LogP contribution in [0.4, 0.5) is 16.2 Å². The zero-order valence-corrected chi connectivity index (χ0v) is 22.0. The fraction of sp³-hybridized carbons (Fsp3) is 0.276. The van der Waals surface area contributed by atoms with Crippen LogP contribution in [-0.2, 0) is 9.59 Å². The molecule has 0 aliphatic carbocycles. The average Bonchev–Trinajstić information content (AvgIpc) is 3.17. The Morgan fingerprint density at radius 1 is 0.919 bits per heavy atom. The molecular weight excluding hydrogens is 490 g/mol. The molecule has 4 amide bonds. The number of nitrogens with zero attached hydrogens (tertiary/aromatic N) is 2. The number of carbonyl (C=O) groups excluding carboxylic acids is 3. The summed E-state index contributed by atoms with van der Waals surface area (Å²) in [4.78, 5) is 43.2. The van der Waals surface area contributed by atoms with E-state index in [4.69, 9.17) is 16.3 Å². The summed E-state index contributed by atoms with van der Waals surface area (Å²) < 4.78 is 5.25. The molecule has 37 heavy (non-hydrogen) atoms. The van der Waals surface area contributed by atoms with Crippen LogP contribution in [0.2, 0.25) is 5.02 Å². The van der Waals surface area contributed by atoms with Gasteiger partial charge in [-0.25, -0.2) is 9.69 Å². The highest BCUT2D eigenvalue weighted by atomic mass is 35.5. The Morgan fingerprint density at radius 2 is 1.54 bits per heavy atom. The van der Waals surface area contributed by atoms with Gasteiger partial charge in [0, 0.05) is 10.7 Å². The van der Waals surface area contributed by atoms with Crippen LogP contribution in [0.3, 0.4) is 0 Å². The summed E-state index contributed by atoms with van der Waals surface area (Å²) in [7, 11) is 1.60. The molecular formula is C29H30ClN3O4. The third kappa shape index (κ3) is 5.32. The molecule has 0 unspecified atom stereocenters. The summed E-state index contributed by atoms with van der Waals surface area (Å²) in [6.45, 7) is 5.43. The van der Waals surface area contributed by atoms with Crippen molar-refractivity contribution >= 4 is 40.8 Å². The minimum atomic E-state index is -0.894. The number of ether oxygens (including phenoxy) is 1. The topological polar surface area (TPSA) is 79.0 Å². The van der Waals surface area contributed by atoms with Gasteiger partial charge in [-0.05, 0) is 60.0 Å². The van der Waals surface area contributed by atoms with Gasteiger partial charge in [0.05, 0.1) is 24.8 Å². The molecule has 3 atom stereocenters. The third-order valence-corrected chi connectivity index (χ3v) is 6.82. The fourth-order valence-electron chi connectivity index (χ4n) is 4.59. The van der Waals surface area contributed by atoms with Crippen molar-refractivity contribution in [2.24, 2.45) is 11.8 Å². The average molecular weight is 520 g/mol. The standard InChI is InChI=1S/C29H30ClN3O4/c1-18(2)26-28(35)32(23-8-6-5-7-9-23)29(36)33(26)27(34)19(3)25(20-10-12-21(30)13-11-20)31-22-14-16-24(37-4)17-15-22/h5-19,25-26,31H,1-4H3/t19-,25+,26+/m1/s1. The van der Waals surface area contributed by atoms with Crippen LogP contribution in [0.5, 0.6) is 5.75 Å². The molecule has 7 nitrogen and oxygen atoms in total. The number of imide groups is 2. The second kappa shape index (κ2) is 11.0. The van der Waals surface area contributed by atoms with Crippen LogP contribution in [0, 0.1) is 11.8 Å². The van der Waals surface area contributed by atoms with Crippen LogP contribution in [0.15, 0.2) is 78.9 Å². The Hall–Kier alpha value is -3.84. The van der Waals surface area contributed by atoms with Crippen LogP contribution < -0.4 is 15.0 Å². The highest BCUT2D eigenvalue weighted by Gasteiger charge is 2.51. The van der Waals surface area contributed by atoms with Gasteiger partial charge in [-0.2, -0.15) is 0 Å². The number of hydrogen-bond donors (Lipinski definition) is 1. The Labute approximate surface area is 222 Å². The van der Waals surface area contributed by atoms with Gasteiger partial charge in [0.15, 0.2) is 0 Å². The summed E-state index contributed by atoms with van der Waals surface area (Å²) in [5.74, 6) is -1.09. The van der Waals surface area contributed by atoms with E-state index in [1.54, 1.807) is 56.5 Å². The van der Waals surface area contributed by atoms with Gasteiger partial charge in [0.1, 0.15) is 11.8 Å². The highest BCUT2D eigenvalue weighted by molar-refractivity contribution is 6.30. The van der Waals surface area contributed by atoms with Crippen LogP contribution >= 0.6 is 11.6 Å². The van der Waals surface area contributed by atoms with Gasteiger partial charge in [-0.3, -0.25) is 14.5 Å². The molecule has 0 spiro atoms. The maximum atomic E-state index is 14.0. The second-order valence-corrected chi connectivity index (χ2v) is 9.82. The molecule has 0 radical (unpaired) electrons. The zero-order valence-electron chi connectivity index (χ0n) is 21.2. The molecule has 0 aromatic heterocycles. The molecule has 1 saturated heterocycles. The predicted octanol–water partition coefficient (Wildman–Crippen LogP) is 6.16. The van der Waals surface area contributed by atoms with Gasteiger partial charge in [0.25, 0.3) is 5.91 Å². The Kier molecular flexibility index (Phi) is 7.83. The van der Waals surface area contributed by atoms with Crippen molar-refractivity contribution in [3.8, 4) is 5.75 Å². The van der Waals surface area contributed by atoms with E-state index in [0.717, 1.165) is 21.1 Å². The number of para-hydroxylation sites is 1. The molecule has 0 bridgehead atoms. The first-order valence-electron chi connectivity index (χ1n) is 12.1. The number of urea groups is 1. The lowest BCUT2D eigenvalue weighted by Crippen LogP contribution is -2.47. The summed E-state index contributed by atoms with van der Waals surface area (Å²) in [6.07, 6.45) is 0. The van der Waals surface area contributed by atoms with E-state index in [0.29, 0.717) is 16.5 Å². The maximum absolute atomic E-state index is 14.0. The van der Waals surface area contributed by atoms with E-state index in [1.165, 1.54) is 0 Å². The van der Waals surface area contributed by atoms with E-state index >= 15 is 0 Å². The van der Waals surface area contributed by atoms with E-state index in [9.17, 15) is 14.4 Å². The number of nitrogens with one attached hydrogen (secondary N) is 1. The number of hydrogen-bond acceptors (Lipinski definition) is 5. The van der Waals surface area contributed by atoms with Crippen LogP contribution in [0.1, 0.15) is 32.4 Å². The first kappa shape index (κ1) is 26.2. The van der Waals surface area contributed by atoms with Crippen molar-refractivity contribution in [3.05, 3.63) is 89.4 Å². The summed E-state index contributed by atoms with van der Waals surface area (Å²) >= 11 is 6.12. The first-order valence-corrected chi connectivity index (χ1v) is 12.5. The van der Waals surface area contributed by atoms with Gasteiger partial charge < -0.3 is 10.1 Å². The van der Waals surface area contributed by atoms with Gasteiger partial charge in [-0.1, -0.05) is 62.7 Å². The molecule has 0 saturated carbocycles. The molecule has 1 aliphatic rings. The zero-order chi connectivity index (χ0) is 26.7. The molecule has 1 fully saturated rings. The minimum absolute atomic E-state index is 0.259. The third-order valence-electron chi connectivity index (χ3n) is 6.56. The lowest BCUT2D eigenvalue weighted by atomic mass is 9.91. The number of methoxy groups -OCH3 is 1. The van der Waals surface area contributed by atoms with Crippen molar-refractivity contribution in [1.82, 2.24) is 4.90 Å². The molecule has 3 aromatic carbocycles. The molecule has 192 valence electrons. The number of amides is 4. The summed E-state index contributed by atoms with van der Waals surface area (Å²) in [5, 5.41) is 4.00. The van der Waals surface area contributed by atoms with Crippen molar-refractivity contribution in [2.75, 3.05) is 17.3 Å². The normalized spacial score (nSPS) is 17.2. The lowest BCUT2D eigenvalue weighted by molar-refractivity contribution is -0.137. The monoisotopic (exact) mass is 519 g/mol. The SMILES string of the molecule is COc1ccc(N[C@H](c2ccc(Cl)cc2)[C@@H](C)C(=O)N2C(=O)N(c3ccccc3)C(=O)[C@@H]2C(C)C)cc1. The first-order chi connectivity index (χ1) is 17.7. The number of benzene rings is 3. The quantitative estimate of drug-likeness (QED) is 0.361. The van der Waals surface area contributed by atoms with E-state index in [2.05, 4.69) is 5.32 Å². The largest absolute Gasteiger partial charge is 0.497 e. The van der Waals surface area contributed by atoms with Crippen molar-refractivity contribution in [1.29, 1.82) is 0 Å². The van der Waals surface area contributed by atoms with E-state index in [1.807, 2.05) is 50.2 Å². The highest BCUT2D eigenvalue weighted by Crippen LogP contribution is 2.34. The molecule has 3 aromatic rings. The van der Waals surface area contributed by atoms with Crippen molar-refractivity contribution in [3.63, 3.8) is 0 Å². The fourth-order valence-corrected chi connectivity index (χ4v) is 4.71. The van der Waals surface area contributed by atoms with E-state index < -0.39 is 35.8 Å².